The Bertz CT molecular complexity index is 710. The van der Waals surface area contributed by atoms with E-state index in [9.17, 15) is 9.59 Å². The molecule has 0 heterocycles. The van der Waals surface area contributed by atoms with Gasteiger partial charge in [-0.1, -0.05) is 6.92 Å². The van der Waals surface area contributed by atoms with Crippen molar-refractivity contribution >= 4 is 17.6 Å². The normalized spacial score (nSPS) is 11.3. The van der Waals surface area contributed by atoms with E-state index in [2.05, 4.69) is 10.1 Å². The molecule has 0 saturated heterocycles. The molecule has 0 aliphatic rings. The molecule has 1 N–H and O–H groups in total. The number of carbonyl (C=O) groups excluding carboxylic acids is 2. The Hall–Kier alpha value is -3.02. The fourth-order valence-electron chi connectivity index (χ4n) is 2.17. The van der Waals surface area contributed by atoms with Crippen molar-refractivity contribution in [1.82, 2.24) is 0 Å². The van der Waals surface area contributed by atoms with Gasteiger partial charge in [-0.3, -0.25) is 4.79 Å². The minimum absolute atomic E-state index is 0.260. The average Bonchev–Trinajstić information content (AvgIpc) is 2.66. The monoisotopic (exact) mass is 343 g/mol. The van der Waals surface area contributed by atoms with Crippen molar-refractivity contribution in [3.05, 3.63) is 54.1 Å². The first kappa shape index (κ1) is 18.3. The van der Waals surface area contributed by atoms with Crippen LogP contribution >= 0.6 is 0 Å². The van der Waals surface area contributed by atoms with E-state index in [0.717, 1.165) is 5.75 Å². The summed E-state index contributed by atoms with van der Waals surface area (Å²) >= 11 is 0. The molecule has 2 aromatic rings. The second-order valence-electron chi connectivity index (χ2n) is 5.25. The van der Waals surface area contributed by atoms with Gasteiger partial charge in [0.05, 0.1) is 19.8 Å². The molecule has 2 aromatic carbocycles. The molecule has 0 aliphatic heterocycles. The summed E-state index contributed by atoms with van der Waals surface area (Å²) in [5.41, 5.74) is 0.997. The first-order chi connectivity index (χ1) is 12.1. The van der Waals surface area contributed by atoms with Gasteiger partial charge in [-0.05, 0) is 55.0 Å². The molecular weight excluding hydrogens is 322 g/mol. The molecule has 2 rings (SSSR count). The molecule has 6 nitrogen and oxygen atoms in total. The number of carbonyl (C=O) groups is 2. The summed E-state index contributed by atoms with van der Waals surface area (Å²) in [4.78, 5) is 23.8. The lowest BCUT2D eigenvalue weighted by atomic mass is 10.2. The van der Waals surface area contributed by atoms with E-state index in [1.165, 1.54) is 7.11 Å². The molecule has 6 heteroatoms. The third-order valence-electron chi connectivity index (χ3n) is 3.57. The van der Waals surface area contributed by atoms with E-state index >= 15 is 0 Å². The molecule has 0 unspecified atom stereocenters. The number of hydrogen-bond acceptors (Lipinski definition) is 5. The smallest absolute Gasteiger partial charge is 0.337 e. The zero-order chi connectivity index (χ0) is 18.2. The maximum absolute atomic E-state index is 12.4. The number of benzene rings is 2. The maximum atomic E-state index is 12.4. The van der Waals surface area contributed by atoms with Crippen LogP contribution in [0.3, 0.4) is 0 Å². The van der Waals surface area contributed by atoms with E-state index < -0.39 is 12.1 Å². The molecule has 0 radical (unpaired) electrons. The highest BCUT2D eigenvalue weighted by Crippen LogP contribution is 2.19. The van der Waals surface area contributed by atoms with Crippen LogP contribution in [0.5, 0.6) is 11.5 Å². The van der Waals surface area contributed by atoms with Gasteiger partial charge in [0.1, 0.15) is 11.5 Å². The number of amides is 1. The maximum Gasteiger partial charge on any atom is 0.337 e. The van der Waals surface area contributed by atoms with Crippen LogP contribution in [-0.4, -0.2) is 32.2 Å². The highest BCUT2D eigenvalue weighted by molar-refractivity contribution is 5.95. The zero-order valence-electron chi connectivity index (χ0n) is 14.4. The summed E-state index contributed by atoms with van der Waals surface area (Å²) in [6.45, 7) is 1.87. The number of ether oxygens (including phenoxy) is 3. The average molecular weight is 343 g/mol. The number of anilines is 1. The first-order valence-electron chi connectivity index (χ1n) is 7.87. The van der Waals surface area contributed by atoms with Crippen LogP contribution in [0.25, 0.3) is 0 Å². The summed E-state index contributed by atoms with van der Waals surface area (Å²) in [5, 5.41) is 2.78. The SMILES string of the molecule is CC[C@H](Oc1ccc(OC)cc1)C(=O)Nc1ccc(C(=O)OC)cc1. The van der Waals surface area contributed by atoms with Crippen LogP contribution in [0, 0.1) is 0 Å². The lowest BCUT2D eigenvalue weighted by Gasteiger charge is -2.17. The van der Waals surface area contributed by atoms with Gasteiger partial charge >= 0.3 is 5.97 Å². The summed E-state index contributed by atoms with van der Waals surface area (Å²) in [5.74, 6) is 0.621. The Kier molecular flexibility index (Phi) is 6.39. The largest absolute Gasteiger partial charge is 0.497 e. The van der Waals surface area contributed by atoms with E-state index in [1.54, 1.807) is 55.6 Å². The number of rotatable bonds is 7. The zero-order valence-corrected chi connectivity index (χ0v) is 14.4. The molecule has 0 spiro atoms. The molecule has 0 saturated carbocycles. The molecule has 0 aromatic heterocycles. The van der Waals surface area contributed by atoms with Crippen molar-refractivity contribution in [2.24, 2.45) is 0 Å². The van der Waals surface area contributed by atoms with Crippen molar-refractivity contribution in [3.63, 3.8) is 0 Å². The van der Waals surface area contributed by atoms with Gasteiger partial charge in [-0.15, -0.1) is 0 Å². The minimum atomic E-state index is -0.631. The number of hydrogen-bond donors (Lipinski definition) is 1. The second kappa shape index (κ2) is 8.73. The van der Waals surface area contributed by atoms with Crippen LogP contribution in [0.2, 0.25) is 0 Å². The van der Waals surface area contributed by atoms with E-state index in [0.29, 0.717) is 23.4 Å². The van der Waals surface area contributed by atoms with Crippen molar-refractivity contribution < 1.29 is 23.8 Å². The highest BCUT2D eigenvalue weighted by atomic mass is 16.5. The van der Waals surface area contributed by atoms with E-state index in [-0.39, 0.29) is 5.91 Å². The lowest BCUT2D eigenvalue weighted by Crippen LogP contribution is -2.32. The predicted octanol–water partition coefficient (Wildman–Crippen LogP) is 3.28. The van der Waals surface area contributed by atoms with Crippen molar-refractivity contribution in [2.45, 2.75) is 19.4 Å². The fourth-order valence-corrected chi connectivity index (χ4v) is 2.17. The Morgan fingerprint density at radius 2 is 1.56 bits per heavy atom. The fraction of sp³-hybridized carbons (Fsp3) is 0.263. The summed E-state index contributed by atoms with van der Waals surface area (Å²) in [6.07, 6.45) is -0.119. The van der Waals surface area contributed by atoms with E-state index in [1.807, 2.05) is 6.92 Å². The van der Waals surface area contributed by atoms with Crippen LogP contribution in [0.1, 0.15) is 23.7 Å². The molecular formula is C19H21NO5. The number of nitrogens with one attached hydrogen (secondary N) is 1. The van der Waals surface area contributed by atoms with Gasteiger partial charge in [-0.25, -0.2) is 4.79 Å². The van der Waals surface area contributed by atoms with Crippen LogP contribution < -0.4 is 14.8 Å². The number of esters is 1. The van der Waals surface area contributed by atoms with Gasteiger partial charge in [0.25, 0.3) is 5.91 Å². The van der Waals surface area contributed by atoms with E-state index in [4.69, 9.17) is 9.47 Å². The second-order valence-corrected chi connectivity index (χ2v) is 5.25. The van der Waals surface area contributed by atoms with Crippen molar-refractivity contribution in [2.75, 3.05) is 19.5 Å². The van der Waals surface area contributed by atoms with Gasteiger partial charge in [0.2, 0.25) is 0 Å². The molecule has 0 fully saturated rings. The summed E-state index contributed by atoms with van der Waals surface area (Å²) in [7, 11) is 2.91. The molecule has 1 atom stereocenters. The van der Waals surface area contributed by atoms with Crippen LogP contribution in [0.4, 0.5) is 5.69 Å². The quantitative estimate of drug-likeness (QED) is 0.781. The first-order valence-corrected chi connectivity index (χ1v) is 7.87. The Labute approximate surface area is 146 Å². The topological polar surface area (TPSA) is 73.9 Å². The lowest BCUT2D eigenvalue weighted by molar-refractivity contribution is -0.122. The van der Waals surface area contributed by atoms with Gasteiger partial charge in [0, 0.05) is 5.69 Å². The highest BCUT2D eigenvalue weighted by Gasteiger charge is 2.18. The van der Waals surface area contributed by atoms with Crippen molar-refractivity contribution in [3.8, 4) is 11.5 Å². The summed E-state index contributed by atoms with van der Waals surface area (Å²) in [6, 6.07) is 13.5. The third kappa shape index (κ3) is 4.97. The van der Waals surface area contributed by atoms with Crippen LogP contribution in [-0.2, 0) is 9.53 Å². The van der Waals surface area contributed by atoms with Gasteiger partial charge < -0.3 is 19.5 Å². The Morgan fingerprint density at radius 1 is 0.960 bits per heavy atom. The predicted molar refractivity (Wildman–Crippen MR) is 94.1 cm³/mol. The number of methoxy groups -OCH3 is 2. The Morgan fingerprint density at radius 3 is 2.08 bits per heavy atom. The van der Waals surface area contributed by atoms with Crippen molar-refractivity contribution in [1.29, 1.82) is 0 Å². The standard InChI is InChI=1S/C19H21NO5/c1-4-17(25-16-11-9-15(23-2)10-12-16)18(21)20-14-7-5-13(6-8-14)19(22)24-3/h5-12,17H,4H2,1-3H3,(H,20,21)/t17-/m0/s1. The molecule has 1 amide bonds. The molecule has 25 heavy (non-hydrogen) atoms. The Balaban J connectivity index is 2.00. The van der Waals surface area contributed by atoms with Gasteiger partial charge in [-0.2, -0.15) is 0 Å². The molecule has 0 aliphatic carbocycles. The molecule has 0 bridgehead atoms. The van der Waals surface area contributed by atoms with Crippen LogP contribution in [0.15, 0.2) is 48.5 Å². The van der Waals surface area contributed by atoms with Gasteiger partial charge in [0.15, 0.2) is 6.10 Å². The molecule has 132 valence electrons. The third-order valence-corrected chi connectivity index (χ3v) is 3.57. The minimum Gasteiger partial charge on any atom is -0.497 e. The summed E-state index contributed by atoms with van der Waals surface area (Å²) < 4.78 is 15.5.